The Hall–Kier alpha value is -3.67. The molecule has 5 nitrogen and oxygen atoms in total. The number of halogens is 1. The van der Waals surface area contributed by atoms with E-state index < -0.39 is 17.3 Å². The second-order valence-corrected chi connectivity index (χ2v) is 6.76. The largest absolute Gasteiger partial charge is 0.497 e. The minimum Gasteiger partial charge on any atom is -0.497 e. The Balaban J connectivity index is 1.80. The minimum atomic E-state index is -1.28. The van der Waals surface area contributed by atoms with E-state index in [4.69, 9.17) is 4.74 Å². The van der Waals surface area contributed by atoms with E-state index in [2.05, 4.69) is 5.32 Å². The molecule has 6 heteroatoms. The van der Waals surface area contributed by atoms with Crippen molar-refractivity contribution in [2.75, 3.05) is 17.3 Å². The molecule has 0 spiro atoms. The number of carbonyl (C=O) groups is 2. The van der Waals surface area contributed by atoms with Gasteiger partial charge in [-0.2, -0.15) is 0 Å². The Bertz CT molecular complexity index is 1050. The monoisotopic (exact) mass is 390 g/mol. The smallest absolute Gasteiger partial charge is 0.256 e. The van der Waals surface area contributed by atoms with Crippen LogP contribution in [0.1, 0.15) is 12.0 Å². The van der Waals surface area contributed by atoms with Crippen molar-refractivity contribution in [3.8, 4) is 5.75 Å². The minimum absolute atomic E-state index is 0.0193. The summed E-state index contributed by atoms with van der Waals surface area (Å²) >= 11 is 0. The van der Waals surface area contributed by atoms with Gasteiger partial charge in [0, 0.05) is 5.69 Å². The lowest BCUT2D eigenvalue weighted by atomic mass is 9.76. The van der Waals surface area contributed by atoms with Gasteiger partial charge in [-0.25, -0.2) is 4.39 Å². The Kier molecular flexibility index (Phi) is 4.76. The maximum atomic E-state index is 14.1. The molecule has 3 aromatic rings. The first-order valence-electron chi connectivity index (χ1n) is 9.15. The van der Waals surface area contributed by atoms with Crippen LogP contribution in [0, 0.1) is 5.82 Å². The predicted octanol–water partition coefficient (Wildman–Crippen LogP) is 4.11. The Morgan fingerprint density at radius 1 is 1.00 bits per heavy atom. The van der Waals surface area contributed by atoms with E-state index in [1.807, 2.05) is 6.07 Å². The van der Waals surface area contributed by atoms with E-state index in [1.54, 1.807) is 67.8 Å². The van der Waals surface area contributed by atoms with Crippen LogP contribution in [-0.2, 0) is 15.1 Å². The Labute approximate surface area is 167 Å². The van der Waals surface area contributed by atoms with Crippen molar-refractivity contribution in [1.29, 1.82) is 0 Å². The summed E-state index contributed by atoms with van der Waals surface area (Å²) in [6.45, 7) is 0. The fraction of sp³-hybridized carbons (Fsp3) is 0.130. The van der Waals surface area contributed by atoms with Gasteiger partial charge in [-0.3, -0.25) is 14.5 Å². The number of methoxy groups -OCH3 is 1. The van der Waals surface area contributed by atoms with E-state index in [0.717, 1.165) is 0 Å². The number of nitrogens with zero attached hydrogens (tertiary/aromatic N) is 1. The van der Waals surface area contributed by atoms with Gasteiger partial charge >= 0.3 is 0 Å². The molecule has 1 N–H and O–H groups in total. The fourth-order valence-electron chi connectivity index (χ4n) is 3.64. The van der Waals surface area contributed by atoms with E-state index in [9.17, 15) is 14.0 Å². The van der Waals surface area contributed by atoms with E-state index in [-0.39, 0.29) is 18.0 Å². The third-order valence-electron chi connectivity index (χ3n) is 5.12. The van der Waals surface area contributed by atoms with Gasteiger partial charge in [-0.1, -0.05) is 42.5 Å². The van der Waals surface area contributed by atoms with Crippen LogP contribution in [0.5, 0.6) is 5.75 Å². The average molecular weight is 390 g/mol. The number of hydrogen-bond acceptors (Lipinski definition) is 3. The van der Waals surface area contributed by atoms with Crippen LogP contribution in [0.2, 0.25) is 0 Å². The molecule has 1 heterocycles. The number of ether oxygens (including phenoxy) is 1. The number of anilines is 2. The van der Waals surface area contributed by atoms with Gasteiger partial charge in [0.1, 0.15) is 11.6 Å². The zero-order valence-corrected chi connectivity index (χ0v) is 15.8. The number of nitrogens with one attached hydrogen (secondary N) is 1. The molecule has 1 aliphatic rings. The van der Waals surface area contributed by atoms with Gasteiger partial charge in [0.05, 0.1) is 19.2 Å². The molecule has 3 aromatic carbocycles. The lowest BCUT2D eigenvalue weighted by molar-refractivity contribution is -0.137. The molecule has 0 radical (unpaired) electrons. The molecule has 1 aliphatic heterocycles. The third-order valence-corrected chi connectivity index (χ3v) is 5.12. The van der Waals surface area contributed by atoms with Crippen molar-refractivity contribution in [2.45, 2.75) is 12.0 Å². The average Bonchev–Trinajstić information content (AvgIpc) is 2.74. The first-order valence-corrected chi connectivity index (χ1v) is 9.15. The van der Waals surface area contributed by atoms with Crippen molar-refractivity contribution < 1.29 is 18.7 Å². The van der Waals surface area contributed by atoms with E-state index >= 15 is 0 Å². The zero-order valence-electron chi connectivity index (χ0n) is 15.8. The van der Waals surface area contributed by atoms with Gasteiger partial charge in [0.15, 0.2) is 5.54 Å². The van der Waals surface area contributed by atoms with Crippen LogP contribution < -0.4 is 15.0 Å². The number of β-lactam (4-membered cyclic amide) rings is 1. The van der Waals surface area contributed by atoms with Crippen molar-refractivity contribution in [1.82, 2.24) is 0 Å². The zero-order chi connectivity index (χ0) is 20.4. The quantitative estimate of drug-likeness (QED) is 0.667. The molecule has 0 bridgehead atoms. The first-order chi connectivity index (χ1) is 14.1. The molecule has 2 amide bonds. The molecule has 1 saturated heterocycles. The second-order valence-electron chi connectivity index (χ2n) is 6.76. The summed E-state index contributed by atoms with van der Waals surface area (Å²) in [6.07, 6.45) is -0.0193. The standard InChI is InChI=1S/C23H19FN2O3/c1-29-18-13-11-16(12-14-18)23(22(28)25-20-10-6-5-9-19(20)24)15-21(27)26(23)17-7-3-2-4-8-17/h2-14H,15H2,1H3,(H,25,28). The molecular weight excluding hydrogens is 371 g/mol. The van der Waals surface area contributed by atoms with Crippen LogP contribution in [0.4, 0.5) is 15.8 Å². The normalized spacial score (nSPS) is 18.1. The van der Waals surface area contributed by atoms with Crippen molar-refractivity contribution in [3.63, 3.8) is 0 Å². The summed E-state index contributed by atoms with van der Waals surface area (Å²) < 4.78 is 19.4. The summed E-state index contributed by atoms with van der Waals surface area (Å²) in [5.41, 5.74) is 0.00378. The Morgan fingerprint density at radius 2 is 1.66 bits per heavy atom. The summed E-state index contributed by atoms with van der Waals surface area (Å²) in [5, 5.41) is 2.66. The van der Waals surface area contributed by atoms with Crippen LogP contribution in [0.25, 0.3) is 0 Å². The molecular formula is C23H19FN2O3. The molecule has 1 unspecified atom stereocenters. The van der Waals surface area contributed by atoms with Gasteiger partial charge in [-0.05, 0) is 42.0 Å². The number of para-hydroxylation sites is 2. The number of amides is 2. The van der Waals surface area contributed by atoms with Gasteiger partial charge in [0.25, 0.3) is 5.91 Å². The van der Waals surface area contributed by atoms with Crippen LogP contribution in [0.3, 0.4) is 0 Å². The highest BCUT2D eigenvalue weighted by atomic mass is 19.1. The molecule has 0 aliphatic carbocycles. The van der Waals surface area contributed by atoms with Crippen LogP contribution in [0.15, 0.2) is 78.9 Å². The molecule has 0 saturated carbocycles. The highest BCUT2D eigenvalue weighted by Crippen LogP contribution is 2.46. The van der Waals surface area contributed by atoms with Gasteiger partial charge < -0.3 is 10.1 Å². The summed E-state index contributed by atoms with van der Waals surface area (Å²) in [6, 6.07) is 21.9. The number of hydrogen-bond donors (Lipinski definition) is 1. The predicted molar refractivity (Wildman–Crippen MR) is 108 cm³/mol. The van der Waals surface area contributed by atoms with Crippen LogP contribution in [-0.4, -0.2) is 18.9 Å². The lowest BCUT2D eigenvalue weighted by Crippen LogP contribution is -2.67. The molecule has 4 rings (SSSR count). The SMILES string of the molecule is COc1ccc(C2(C(=O)Nc3ccccc3F)CC(=O)N2c2ccccc2)cc1. The number of benzene rings is 3. The van der Waals surface area contributed by atoms with E-state index in [0.29, 0.717) is 17.0 Å². The van der Waals surface area contributed by atoms with Gasteiger partial charge in [0.2, 0.25) is 5.91 Å². The highest BCUT2D eigenvalue weighted by molar-refractivity contribution is 6.17. The molecule has 1 atom stereocenters. The summed E-state index contributed by atoms with van der Waals surface area (Å²) in [5.74, 6) is -0.565. The first kappa shape index (κ1) is 18.7. The second kappa shape index (κ2) is 7.39. The highest BCUT2D eigenvalue weighted by Gasteiger charge is 2.58. The lowest BCUT2D eigenvalue weighted by Gasteiger charge is -2.50. The van der Waals surface area contributed by atoms with Crippen molar-refractivity contribution in [3.05, 3.63) is 90.2 Å². The molecule has 0 aromatic heterocycles. The number of carbonyl (C=O) groups excluding carboxylic acids is 2. The number of rotatable bonds is 5. The molecule has 1 fully saturated rings. The summed E-state index contributed by atoms with van der Waals surface area (Å²) in [4.78, 5) is 27.5. The van der Waals surface area contributed by atoms with E-state index in [1.165, 1.54) is 17.0 Å². The molecule has 29 heavy (non-hydrogen) atoms. The fourth-order valence-corrected chi connectivity index (χ4v) is 3.64. The van der Waals surface area contributed by atoms with Crippen molar-refractivity contribution in [2.24, 2.45) is 0 Å². The maximum absolute atomic E-state index is 14.1. The van der Waals surface area contributed by atoms with Crippen LogP contribution >= 0.6 is 0 Å². The Morgan fingerprint density at radius 3 is 2.28 bits per heavy atom. The maximum Gasteiger partial charge on any atom is 0.256 e. The van der Waals surface area contributed by atoms with Crippen molar-refractivity contribution >= 4 is 23.2 Å². The summed E-state index contributed by atoms with van der Waals surface area (Å²) in [7, 11) is 1.55. The topological polar surface area (TPSA) is 58.6 Å². The molecule has 146 valence electrons. The third kappa shape index (κ3) is 3.12. The van der Waals surface area contributed by atoms with Gasteiger partial charge in [-0.15, -0.1) is 0 Å².